The molecule has 1 atom stereocenters. The number of rotatable bonds is 8. The lowest BCUT2D eigenvalue weighted by Gasteiger charge is -2.24. The fourth-order valence-electron chi connectivity index (χ4n) is 3.30. The van der Waals surface area contributed by atoms with E-state index in [9.17, 15) is 16.8 Å². The summed E-state index contributed by atoms with van der Waals surface area (Å²) in [4.78, 5) is 0. The maximum Gasteiger partial charge on any atom is 0.250 e. The van der Waals surface area contributed by atoms with Gasteiger partial charge >= 0.3 is 0 Å². The van der Waals surface area contributed by atoms with E-state index >= 15 is 0 Å². The van der Waals surface area contributed by atoms with Crippen molar-refractivity contribution in [1.82, 2.24) is 4.41 Å². The van der Waals surface area contributed by atoms with Gasteiger partial charge in [0.05, 0.1) is 30.4 Å². The van der Waals surface area contributed by atoms with Crippen LogP contribution < -0.4 is 9.46 Å². The van der Waals surface area contributed by atoms with Crippen molar-refractivity contribution < 1.29 is 21.6 Å². The van der Waals surface area contributed by atoms with Gasteiger partial charge in [0.2, 0.25) is 20.0 Å². The molecular formula is C20H25N3O5S2. The van der Waals surface area contributed by atoms with Crippen LogP contribution in [0.2, 0.25) is 0 Å². The molecule has 0 radical (unpaired) electrons. The minimum atomic E-state index is -3.63. The number of sulfonamides is 2. The zero-order chi connectivity index (χ0) is 21.9. The third-order valence-corrected chi connectivity index (χ3v) is 6.84. The highest BCUT2D eigenvalue weighted by molar-refractivity contribution is 7.92. The monoisotopic (exact) mass is 451 g/mol. The molecule has 1 N–H and O–H groups in total. The number of hydrogen-bond acceptors (Lipinski definition) is 6. The molecule has 10 heteroatoms. The van der Waals surface area contributed by atoms with E-state index < -0.39 is 26.1 Å². The third-order valence-electron chi connectivity index (χ3n) is 4.60. The Hall–Kier alpha value is -2.59. The maximum absolute atomic E-state index is 12.8. The molecule has 0 amide bonds. The third kappa shape index (κ3) is 4.93. The largest absolute Gasteiger partial charge is 0.494 e. The molecule has 1 heterocycles. The Labute approximate surface area is 177 Å². The van der Waals surface area contributed by atoms with Gasteiger partial charge in [-0.25, -0.2) is 16.8 Å². The number of nitrogens with zero attached hydrogens (tertiary/aromatic N) is 2. The van der Waals surface area contributed by atoms with E-state index in [0.717, 1.165) is 16.2 Å². The highest BCUT2D eigenvalue weighted by Gasteiger charge is 2.37. The molecule has 0 fully saturated rings. The Bertz CT molecular complexity index is 1160. The average molecular weight is 452 g/mol. The van der Waals surface area contributed by atoms with Crippen LogP contribution >= 0.6 is 0 Å². The Kier molecular flexibility index (Phi) is 6.37. The molecule has 0 spiro atoms. The molecule has 1 aliphatic heterocycles. The Morgan fingerprint density at radius 3 is 2.50 bits per heavy atom. The van der Waals surface area contributed by atoms with Crippen LogP contribution in [0, 0.1) is 0 Å². The summed E-state index contributed by atoms with van der Waals surface area (Å²) in [6, 6.07) is 13.5. The molecule has 0 aliphatic carbocycles. The van der Waals surface area contributed by atoms with Crippen LogP contribution in [0.5, 0.6) is 5.75 Å². The van der Waals surface area contributed by atoms with Gasteiger partial charge in [0.15, 0.2) is 0 Å². The molecule has 8 nitrogen and oxygen atoms in total. The first kappa shape index (κ1) is 22.1. The quantitative estimate of drug-likeness (QED) is 0.664. The first-order valence-electron chi connectivity index (χ1n) is 9.54. The van der Waals surface area contributed by atoms with Crippen molar-refractivity contribution in [3.8, 4) is 5.75 Å². The van der Waals surface area contributed by atoms with Crippen LogP contribution in [0.15, 0.2) is 53.6 Å². The minimum Gasteiger partial charge on any atom is -0.494 e. The summed E-state index contributed by atoms with van der Waals surface area (Å²) >= 11 is 0. The Morgan fingerprint density at radius 1 is 1.10 bits per heavy atom. The Balaban J connectivity index is 2.03. The van der Waals surface area contributed by atoms with Gasteiger partial charge in [0.25, 0.3) is 0 Å². The van der Waals surface area contributed by atoms with Gasteiger partial charge in [0.1, 0.15) is 5.75 Å². The summed E-state index contributed by atoms with van der Waals surface area (Å²) in [5, 5.41) is 4.43. The highest BCUT2D eigenvalue weighted by atomic mass is 32.2. The average Bonchev–Trinajstić information content (AvgIpc) is 3.14. The molecular weight excluding hydrogens is 426 g/mol. The first-order chi connectivity index (χ1) is 14.1. The minimum absolute atomic E-state index is 0.0905. The van der Waals surface area contributed by atoms with Crippen LogP contribution in [-0.2, 0) is 20.0 Å². The second-order valence-corrected chi connectivity index (χ2v) is 10.7. The lowest BCUT2D eigenvalue weighted by atomic mass is 9.98. The van der Waals surface area contributed by atoms with Crippen molar-refractivity contribution in [2.45, 2.75) is 26.3 Å². The van der Waals surface area contributed by atoms with E-state index in [2.05, 4.69) is 9.82 Å². The van der Waals surface area contributed by atoms with Crippen LogP contribution in [0.25, 0.3) is 0 Å². The second kappa shape index (κ2) is 8.65. The SMILES string of the molecule is CCOc1ccccc1[C@@H]1CC(c2cccc(NS(C)(=O)=O)c2)=NN1S(=O)(=O)CC. The van der Waals surface area contributed by atoms with Crippen molar-refractivity contribution >= 4 is 31.4 Å². The summed E-state index contributed by atoms with van der Waals surface area (Å²) in [5.41, 5.74) is 2.33. The lowest BCUT2D eigenvalue weighted by molar-refractivity contribution is 0.316. The van der Waals surface area contributed by atoms with Gasteiger partial charge in [-0.15, -0.1) is 0 Å². The van der Waals surface area contributed by atoms with Crippen LogP contribution in [0.4, 0.5) is 5.69 Å². The van der Waals surface area contributed by atoms with Crippen molar-refractivity contribution in [2.24, 2.45) is 5.10 Å². The molecule has 1 aliphatic rings. The van der Waals surface area contributed by atoms with Crippen molar-refractivity contribution in [3.05, 3.63) is 59.7 Å². The fraction of sp³-hybridized carbons (Fsp3) is 0.350. The number of nitrogens with one attached hydrogen (secondary N) is 1. The predicted octanol–water partition coefficient (Wildman–Crippen LogP) is 2.96. The van der Waals surface area contributed by atoms with E-state index in [1.165, 1.54) is 0 Å². The molecule has 0 bridgehead atoms. The summed E-state index contributed by atoms with van der Waals surface area (Å²) in [6.45, 7) is 3.90. The van der Waals surface area contributed by atoms with Crippen LogP contribution in [0.1, 0.15) is 37.4 Å². The van der Waals surface area contributed by atoms with Gasteiger partial charge in [0, 0.05) is 17.7 Å². The van der Waals surface area contributed by atoms with E-state index in [1.807, 2.05) is 31.2 Å². The summed E-state index contributed by atoms with van der Waals surface area (Å²) in [6.07, 6.45) is 1.41. The zero-order valence-electron chi connectivity index (χ0n) is 17.1. The van der Waals surface area contributed by atoms with E-state index in [0.29, 0.717) is 35.7 Å². The lowest BCUT2D eigenvalue weighted by Crippen LogP contribution is -2.28. The zero-order valence-corrected chi connectivity index (χ0v) is 18.7. The molecule has 2 aromatic rings. The van der Waals surface area contributed by atoms with Crippen molar-refractivity contribution in [2.75, 3.05) is 23.3 Å². The number of para-hydroxylation sites is 1. The predicted molar refractivity (Wildman–Crippen MR) is 118 cm³/mol. The van der Waals surface area contributed by atoms with Gasteiger partial charge in [-0.2, -0.15) is 9.52 Å². The summed E-state index contributed by atoms with van der Waals surface area (Å²) < 4.78 is 57.9. The van der Waals surface area contributed by atoms with Gasteiger partial charge < -0.3 is 4.74 Å². The van der Waals surface area contributed by atoms with Gasteiger partial charge in [-0.1, -0.05) is 30.3 Å². The summed E-state index contributed by atoms with van der Waals surface area (Å²) in [5.74, 6) is 0.525. The van der Waals surface area contributed by atoms with Crippen molar-refractivity contribution in [3.63, 3.8) is 0 Å². The standard InChI is InChI=1S/C20H25N3O5S2/c1-4-28-20-12-7-6-11-17(20)19-14-18(21-23(19)30(26,27)5-2)15-9-8-10-16(13-15)22-29(3,24)25/h6-13,19,22H,4-5,14H2,1-3H3/t19-/m0/s1. The van der Waals surface area contributed by atoms with Gasteiger partial charge in [-0.3, -0.25) is 4.72 Å². The highest BCUT2D eigenvalue weighted by Crippen LogP contribution is 2.39. The fourth-order valence-corrected chi connectivity index (χ4v) is 4.92. The molecule has 0 saturated heterocycles. The Morgan fingerprint density at radius 2 is 1.83 bits per heavy atom. The molecule has 30 heavy (non-hydrogen) atoms. The van der Waals surface area contributed by atoms with Crippen LogP contribution in [0.3, 0.4) is 0 Å². The first-order valence-corrected chi connectivity index (χ1v) is 13.0. The summed E-state index contributed by atoms with van der Waals surface area (Å²) in [7, 11) is -7.06. The normalized spacial score (nSPS) is 17.0. The number of ether oxygens (including phenoxy) is 1. The van der Waals surface area contributed by atoms with Gasteiger partial charge in [-0.05, 0) is 37.6 Å². The number of hydrazone groups is 1. The van der Waals surface area contributed by atoms with Crippen LogP contribution in [-0.4, -0.2) is 45.6 Å². The topological polar surface area (TPSA) is 105 Å². The molecule has 0 saturated carbocycles. The number of anilines is 1. The molecule has 3 rings (SSSR count). The van der Waals surface area contributed by atoms with Crippen molar-refractivity contribution in [1.29, 1.82) is 0 Å². The maximum atomic E-state index is 12.8. The second-order valence-electron chi connectivity index (χ2n) is 6.87. The molecule has 0 aromatic heterocycles. The van der Waals surface area contributed by atoms with E-state index in [1.54, 1.807) is 31.2 Å². The van der Waals surface area contributed by atoms with E-state index in [-0.39, 0.29) is 5.75 Å². The van der Waals surface area contributed by atoms with E-state index in [4.69, 9.17) is 4.74 Å². The molecule has 2 aromatic carbocycles. The number of hydrogen-bond donors (Lipinski definition) is 1. The number of benzene rings is 2. The molecule has 162 valence electrons. The smallest absolute Gasteiger partial charge is 0.250 e. The molecule has 0 unspecified atom stereocenters.